The fourth-order valence-corrected chi connectivity index (χ4v) is 5.07. The number of amides is 3. The van der Waals surface area contributed by atoms with Crippen molar-refractivity contribution in [2.45, 2.75) is 24.3 Å². The Morgan fingerprint density at radius 2 is 1.69 bits per heavy atom. The normalized spacial score (nSPS) is 11.8. The summed E-state index contributed by atoms with van der Waals surface area (Å²) in [6.45, 7) is 2.15. The molecule has 1 aromatic heterocycles. The third-order valence-corrected chi connectivity index (χ3v) is 7.41. The van der Waals surface area contributed by atoms with Gasteiger partial charge in [-0.1, -0.05) is 42.5 Å². The molecule has 10 heteroatoms. The van der Waals surface area contributed by atoms with Gasteiger partial charge < -0.3 is 19.4 Å². The number of nitrogens with one attached hydrogen (secondary N) is 2. The number of hydrogen-bond donors (Lipinski definition) is 2. The Kier molecular flexibility index (Phi) is 8.67. The zero-order chi connectivity index (χ0) is 27.8. The Bertz CT molecular complexity index is 1500. The van der Waals surface area contributed by atoms with E-state index >= 15 is 0 Å². The van der Waals surface area contributed by atoms with Crippen LogP contribution in [-0.2, 0) is 21.2 Å². The first-order valence-electron chi connectivity index (χ1n) is 12.3. The number of methoxy groups -OCH3 is 1. The molecule has 0 fully saturated rings. The second-order valence-electron chi connectivity index (χ2n) is 8.64. The summed E-state index contributed by atoms with van der Waals surface area (Å²) in [5.74, 6) is 0.253. The largest absolute Gasteiger partial charge is 0.497 e. The Morgan fingerprint density at radius 1 is 0.949 bits per heavy atom. The van der Waals surface area contributed by atoms with Crippen molar-refractivity contribution >= 4 is 27.6 Å². The van der Waals surface area contributed by atoms with Gasteiger partial charge in [-0.2, -0.15) is 0 Å². The van der Waals surface area contributed by atoms with Crippen molar-refractivity contribution in [2.24, 2.45) is 0 Å². The molecular weight excluding hydrogens is 518 g/mol. The van der Waals surface area contributed by atoms with Crippen molar-refractivity contribution in [2.75, 3.05) is 18.6 Å². The molecule has 0 spiro atoms. The molecule has 0 saturated heterocycles. The number of likely N-dealkylation sites (N-methyl/N-ethyl adjacent to an activating group) is 1. The summed E-state index contributed by atoms with van der Waals surface area (Å²) in [5.41, 5.74) is 2.73. The average Bonchev–Trinajstić information content (AvgIpc) is 3.49. The number of carbonyl (C=O) groups excluding carboxylic acids is 2. The van der Waals surface area contributed by atoms with Gasteiger partial charge in [0.15, 0.2) is 0 Å². The summed E-state index contributed by atoms with van der Waals surface area (Å²) in [6.07, 6.45) is 3.14. The number of rotatable bonds is 10. The lowest BCUT2D eigenvalue weighted by atomic mass is 10.0. The highest BCUT2D eigenvalue weighted by Gasteiger charge is 2.28. The van der Waals surface area contributed by atoms with Crippen LogP contribution in [0.3, 0.4) is 0 Å². The number of benzene rings is 3. The maximum absolute atomic E-state index is 13.7. The van der Waals surface area contributed by atoms with E-state index in [2.05, 4.69) is 5.32 Å². The Labute approximate surface area is 227 Å². The smallest absolute Gasteiger partial charge is 0.329 e. The first-order valence-corrected chi connectivity index (χ1v) is 13.7. The third-order valence-electron chi connectivity index (χ3n) is 6.08. The number of carbonyl (C=O) groups is 2. The monoisotopic (exact) mass is 547 g/mol. The average molecular weight is 548 g/mol. The van der Waals surface area contributed by atoms with E-state index in [-0.39, 0.29) is 17.2 Å². The molecular formula is C29H29N3O6S. The number of ether oxygens (including phenoxy) is 1. The van der Waals surface area contributed by atoms with Crippen LogP contribution < -0.4 is 19.7 Å². The number of nitrogens with zero attached hydrogens (tertiary/aromatic N) is 1. The van der Waals surface area contributed by atoms with Crippen molar-refractivity contribution in [3.05, 3.63) is 103 Å². The molecule has 39 heavy (non-hydrogen) atoms. The van der Waals surface area contributed by atoms with Crippen molar-refractivity contribution in [3.8, 4) is 16.9 Å². The van der Waals surface area contributed by atoms with E-state index < -0.39 is 22.1 Å². The van der Waals surface area contributed by atoms with Crippen LogP contribution >= 0.6 is 0 Å². The van der Waals surface area contributed by atoms with Crippen LogP contribution in [0.4, 0.5) is 10.5 Å². The lowest BCUT2D eigenvalue weighted by Gasteiger charge is -2.27. The van der Waals surface area contributed by atoms with E-state index in [9.17, 15) is 18.0 Å². The summed E-state index contributed by atoms with van der Waals surface area (Å²) in [7, 11) is -2.68. The molecule has 1 atom stereocenters. The number of urea groups is 1. The Balaban J connectivity index is 1.55. The summed E-state index contributed by atoms with van der Waals surface area (Å²) in [4.78, 5) is 28.1. The van der Waals surface area contributed by atoms with Gasteiger partial charge in [-0.15, -0.1) is 0 Å². The van der Waals surface area contributed by atoms with Gasteiger partial charge in [0, 0.05) is 24.2 Å². The number of hydrogen-bond acceptors (Lipinski definition) is 6. The molecule has 4 rings (SSSR count). The lowest BCUT2D eigenvalue weighted by molar-refractivity contribution is -0.120. The number of sulfonamides is 1. The van der Waals surface area contributed by atoms with E-state index in [4.69, 9.17) is 9.15 Å². The Morgan fingerprint density at radius 3 is 2.33 bits per heavy atom. The summed E-state index contributed by atoms with van der Waals surface area (Å²) >= 11 is 0. The summed E-state index contributed by atoms with van der Waals surface area (Å²) < 4.78 is 38.4. The highest BCUT2D eigenvalue weighted by atomic mass is 32.2. The van der Waals surface area contributed by atoms with E-state index in [1.54, 1.807) is 49.6 Å². The Hall–Kier alpha value is -4.57. The minimum Gasteiger partial charge on any atom is -0.497 e. The second-order valence-corrected chi connectivity index (χ2v) is 10.3. The van der Waals surface area contributed by atoms with Gasteiger partial charge in [0.2, 0.25) is 5.91 Å². The van der Waals surface area contributed by atoms with Crippen molar-refractivity contribution < 1.29 is 27.2 Å². The first kappa shape index (κ1) is 27.5. The zero-order valence-electron chi connectivity index (χ0n) is 21.5. The fraction of sp³-hybridized carbons (Fsp3) is 0.172. The molecule has 0 aliphatic rings. The summed E-state index contributed by atoms with van der Waals surface area (Å²) in [6, 6.07) is 21.9. The third kappa shape index (κ3) is 6.85. The van der Waals surface area contributed by atoms with Crippen molar-refractivity contribution in [3.63, 3.8) is 0 Å². The molecule has 0 saturated carbocycles. The minimum atomic E-state index is -4.23. The second kappa shape index (κ2) is 12.3. The van der Waals surface area contributed by atoms with Crippen molar-refractivity contribution in [1.82, 2.24) is 10.0 Å². The zero-order valence-corrected chi connectivity index (χ0v) is 22.4. The molecule has 0 bridgehead atoms. The van der Waals surface area contributed by atoms with Gasteiger partial charge in [0.25, 0.3) is 10.0 Å². The maximum atomic E-state index is 13.7. The predicted octanol–water partition coefficient (Wildman–Crippen LogP) is 4.61. The van der Waals surface area contributed by atoms with Crippen LogP contribution in [0.5, 0.6) is 5.75 Å². The van der Waals surface area contributed by atoms with Crippen LogP contribution in [-0.4, -0.2) is 40.1 Å². The minimum absolute atomic E-state index is 0.101. The van der Waals surface area contributed by atoms with E-state index in [1.165, 1.54) is 29.6 Å². The molecule has 2 N–H and O–H groups in total. The van der Waals surface area contributed by atoms with Gasteiger partial charge in [-0.05, 0) is 60.5 Å². The molecule has 0 radical (unpaired) electrons. The quantitative estimate of drug-likeness (QED) is 0.299. The van der Waals surface area contributed by atoms with Crippen LogP contribution in [0.25, 0.3) is 11.1 Å². The highest BCUT2D eigenvalue weighted by Crippen LogP contribution is 2.23. The van der Waals surface area contributed by atoms with Gasteiger partial charge in [0.1, 0.15) is 11.8 Å². The molecule has 0 aliphatic carbocycles. The maximum Gasteiger partial charge on any atom is 0.329 e. The molecule has 1 heterocycles. The van der Waals surface area contributed by atoms with E-state index in [0.29, 0.717) is 29.1 Å². The molecule has 0 aliphatic heterocycles. The van der Waals surface area contributed by atoms with Crippen LogP contribution in [0.1, 0.15) is 12.5 Å². The number of anilines is 1. The SMILES string of the molecule is CCN(C(=O)[C@H](Cc1ccccc1)NC(=O)NS(=O)(=O)c1cccc(-c2ccoc2)c1)c1ccc(OC)cc1. The van der Waals surface area contributed by atoms with Crippen molar-refractivity contribution in [1.29, 1.82) is 0 Å². The van der Waals surface area contributed by atoms with E-state index in [1.807, 2.05) is 42.0 Å². The van der Waals surface area contributed by atoms with E-state index in [0.717, 1.165) is 5.56 Å². The first-order chi connectivity index (χ1) is 18.8. The van der Waals surface area contributed by atoms with Crippen LogP contribution in [0.15, 0.2) is 107 Å². The molecule has 4 aromatic rings. The fourth-order valence-electron chi connectivity index (χ4n) is 4.11. The molecule has 202 valence electrons. The molecule has 9 nitrogen and oxygen atoms in total. The van der Waals surface area contributed by atoms with Gasteiger partial charge in [-0.25, -0.2) is 17.9 Å². The van der Waals surface area contributed by atoms with Crippen LogP contribution in [0.2, 0.25) is 0 Å². The predicted molar refractivity (Wildman–Crippen MR) is 148 cm³/mol. The summed E-state index contributed by atoms with van der Waals surface area (Å²) in [5, 5.41) is 2.58. The molecule has 3 aromatic carbocycles. The van der Waals surface area contributed by atoms with Gasteiger partial charge in [-0.3, -0.25) is 4.79 Å². The molecule has 0 unspecified atom stereocenters. The number of furan rings is 1. The molecule has 3 amide bonds. The van der Waals surface area contributed by atoms with Gasteiger partial charge in [0.05, 0.1) is 24.5 Å². The standard InChI is InChI=1S/C29H29N3O6S/c1-3-32(24-12-14-25(37-2)15-13-24)28(33)27(18-21-8-5-4-6-9-21)30-29(34)31-39(35,36)26-11-7-10-22(19-26)23-16-17-38-20-23/h4-17,19-20,27H,3,18H2,1-2H3,(H2,30,31,34)/t27-/m0/s1. The van der Waals surface area contributed by atoms with Crippen LogP contribution in [0, 0.1) is 0 Å². The van der Waals surface area contributed by atoms with Gasteiger partial charge >= 0.3 is 6.03 Å². The topological polar surface area (TPSA) is 118 Å². The highest BCUT2D eigenvalue weighted by molar-refractivity contribution is 7.90. The lowest BCUT2D eigenvalue weighted by Crippen LogP contribution is -2.53.